The number of carbonyl (C=O) groups excluding carboxylic acids is 3. The van der Waals surface area contributed by atoms with E-state index < -0.39 is 28.9 Å². The van der Waals surface area contributed by atoms with Crippen molar-refractivity contribution in [3.8, 4) is 11.5 Å². The van der Waals surface area contributed by atoms with Crippen LogP contribution in [0.2, 0.25) is 10.0 Å². The lowest BCUT2D eigenvalue weighted by Gasteiger charge is -2.18. The number of nitrogens with zero attached hydrogens (tertiary/aromatic N) is 3. The van der Waals surface area contributed by atoms with Crippen molar-refractivity contribution in [2.75, 3.05) is 0 Å². The van der Waals surface area contributed by atoms with Gasteiger partial charge in [-0.15, -0.1) is 0 Å². The highest BCUT2D eigenvalue weighted by Gasteiger charge is 2.44. The number of esters is 1. The first-order valence-electron chi connectivity index (χ1n) is 9.52. The summed E-state index contributed by atoms with van der Waals surface area (Å²) >= 11 is 12.0. The van der Waals surface area contributed by atoms with E-state index in [0.717, 1.165) is 4.90 Å². The van der Waals surface area contributed by atoms with E-state index in [1.165, 1.54) is 18.5 Å². The van der Waals surface area contributed by atoms with E-state index in [0.29, 0.717) is 10.6 Å². The summed E-state index contributed by atoms with van der Waals surface area (Å²) in [4.78, 5) is 48.2. The predicted octanol–water partition coefficient (Wildman–Crippen LogP) is 4.39. The SMILES string of the molecule is CC(C)(C)C(=O)Oc1c2c(c(O)c3nccnc13)C(=O)N(Cc1ccc(Cl)c(Cl)c1)C2=O. The van der Waals surface area contributed by atoms with Crippen molar-refractivity contribution >= 4 is 52.0 Å². The minimum Gasteiger partial charge on any atom is -0.505 e. The molecule has 0 radical (unpaired) electrons. The van der Waals surface area contributed by atoms with Gasteiger partial charge in [-0.3, -0.25) is 19.3 Å². The van der Waals surface area contributed by atoms with Crippen molar-refractivity contribution in [1.29, 1.82) is 0 Å². The number of rotatable bonds is 3. The standard InChI is InChI=1S/C22H17Cl2N3O5/c1-22(2,3)21(31)32-18-14-13(17(28)15-16(18)26-7-6-25-15)19(29)27(20(14)30)9-10-4-5-11(23)12(24)8-10/h4-8,28H,9H2,1-3H3. The number of hydrogen-bond acceptors (Lipinski definition) is 7. The number of halogens is 2. The molecule has 0 saturated carbocycles. The summed E-state index contributed by atoms with van der Waals surface area (Å²) in [6.07, 6.45) is 2.65. The molecule has 1 aromatic heterocycles. The van der Waals surface area contributed by atoms with E-state index in [9.17, 15) is 19.5 Å². The Morgan fingerprint density at radius 2 is 1.66 bits per heavy atom. The Kier molecular flexibility index (Phi) is 5.30. The van der Waals surface area contributed by atoms with Crippen LogP contribution in [0.1, 0.15) is 47.1 Å². The zero-order chi connectivity index (χ0) is 23.4. The lowest BCUT2D eigenvalue weighted by molar-refractivity contribution is -0.142. The van der Waals surface area contributed by atoms with Crippen molar-refractivity contribution in [2.24, 2.45) is 5.41 Å². The van der Waals surface area contributed by atoms with Gasteiger partial charge < -0.3 is 9.84 Å². The zero-order valence-corrected chi connectivity index (χ0v) is 18.8. The van der Waals surface area contributed by atoms with Gasteiger partial charge in [0.2, 0.25) is 0 Å². The largest absolute Gasteiger partial charge is 0.505 e. The monoisotopic (exact) mass is 473 g/mol. The molecule has 2 amide bonds. The van der Waals surface area contributed by atoms with Gasteiger partial charge in [0.25, 0.3) is 11.8 Å². The smallest absolute Gasteiger partial charge is 0.316 e. The number of hydrogen-bond donors (Lipinski definition) is 1. The van der Waals surface area contributed by atoms with Gasteiger partial charge in [0, 0.05) is 12.4 Å². The summed E-state index contributed by atoms with van der Waals surface area (Å²) in [7, 11) is 0. The molecule has 0 spiro atoms. The molecule has 0 atom stereocenters. The van der Waals surface area contributed by atoms with Gasteiger partial charge in [-0.25, -0.2) is 9.97 Å². The Labute approximate surface area is 192 Å². The highest BCUT2D eigenvalue weighted by atomic mass is 35.5. The van der Waals surface area contributed by atoms with Crippen molar-refractivity contribution < 1.29 is 24.2 Å². The normalized spacial score (nSPS) is 13.6. The van der Waals surface area contributed by atoms with Crippen LogP contribution in [-0.4, -0.2) is 37.8 Å². The zero-order valence-electron chi connectivity index (χ0n) is 17.3. The molecule has 10 heteroatoms. The summed E-state index contributed by atoms with van der Waals surface area (Å²) in [5.74, 6) is -2.85. The van der Waals surface area contributed by atoms with Crippen LogP contribution in [0.3, 0.4) is 0 Å². The van der Waals surface area contributed by atoms with Gasteiger partial charge >= 0.3 is 5.97 Å². The van der Waals surface area contributed by atoms with Crippen molar-refractivity contribution in [1.82, 2.24) is 14.9 Å². The van der Waals surface area contributed by atoms with Crippen molar-refractivity contribution in [2.45, 2.75) is 27.3 Å². The van der Waals surface area contributed by atoms with Gasteiger partial charge in [0.15, 0.2) is 11.5 Å². The molecular formula is C22H17Cl2N3O5. The van der Waals surface area contributed by atoms with E-state index in [-0.39, 0.29) is 39.5 Å². The van der Waals surface area contributed by atoms with Gasteiger partial charge in [-0.2, -0.15) is 0 Å². The van der Waals surface area contributed by atoms with Gasteiger partial charge in [0.05, 0.1) is 22.0 Å². The fraction of sp³-hybridized carbons (Fsp3) is 0.227. The Balaban J connectivity index is 1.87. The fourth-order valence-electron chi connectivity index (χ4n) is 3.23. The third kappa shape index (κ3) is 3.55. The van der Waals surface area contributed by atoms with E-state index in [4.69, 9.17) is 27.9 Å². The van der Waals surface area contributed by atoms with Crippen LogP contribution < -0.4 is 4.74 Å². The van der Waals surface area contributed by atoms with E-state index in [1.807, 2.05) is 0 Å². The van der Waals surface area contributed by atoms with Crippen LogP contribution in [0.15, 0.2) is 30.6 Å². The molecule has 164 valence electrons. The van der Waals surface area contributed by atoms with E-state index in [2.05, 4.69) is 9.97 Å². The molecule has 1 aliphatic rings. The Hall–Kier alpha value is -3.23. The van der Waals surface area contributed by atoms with Crippen LogP contribution in [0, 0.1) is 5.41 Å². The highest BCUT2D eigenvalue weighted by Crippen LogP contribution is 2.43. The topological polar surface area (TPSA) is 110 Å². The number of aromatic nitrogens is 2. The molecule has 2 aromatic carbocycles. The molecule has 0 fully saturated rings. The second kappa shape index (κ2) is 7.72. The van der Waals surface area contributed by atoms with E-state index in [1.54, 1.807) is 32.9 Å². The number of benzene rings is 2. The number of phenols is 1. The Bertz CT molecular complexity index is 1320. The summed E-state index contributed by atoms with van der Waals surface area (Å²) in [5.41, 5.74) is -0.940. The maximum atomic E-state index is 13.3. The van der Waals surface area contributed by atoms with E-state index >= 15 is 0 Å². The van der Waals surface area contributed by atoms with Gasteiger partial charge in [-0.05, 0) is 38.5 Å². The quantitative estimate of drug-likeness (QED) is 0.341. The molecule has 3 aromatic rings. The number of aromatic hydroxyl groups is 1. The molecule has 0 saturated heterocycles. The maximum absolute atomic E-state index is 13.3. The fourth-order valence-corrected chi connectivity index (χ4v) is 3.55. The molecular weight excluding hydrogens is 457 g/mol. The molecule has 0 unspecified atom stereocenters. The molecule has 0 bridgehead atoms. The lowest BCUT2D eigenvalue weighted by Crippen LogP contribution is -2.29. The predicted molar refractivity (Wildman–Crippen MR) is 117 cm³/mol. The molecule has 4 rings (SSSR count). The van der Waals surface area contributed by atoms with Crippen LogP contribution in [-0.2, 0) is 11.3 Å². The van der Waals surface area contributed by atoms with Gasteiger partial charge in [-0.1, -0.05) is 29.3 Å². The lowest BCUT2D eigenvalue weighted by atomic mass is 9.97. The molecule has 8 nitrogen and oxygen atoms in total. The molecule has 2 heterocycles. The van der Waals surface area contributed by atoms with Crippen LogP contribution in [0.5, 0.6) is 11.5 Å². The summed E-state index contributed by atoms with van der Waals surface area (Å²) in [5, 5.41) is 11.4. The van der Waals surface area contributed by atoms with Crippen LogP contribution >= 0.6 is 23.2 Å². The second-order valence-electron chi connectivity index (χ2n) is 8.27. The maximum Gasteiger partial charge on any atom is 0.316 e. The minimum absolute atomic E-state index is 0.00103. The van der Waals surface area contributed by atoms with Crippen LogP contribution in [0.4, 0.5) is 0 Å². The number of carbonyl (C=O) groups is 3. The molecule has 32 heavy (non-hydrogen) atoms. The third-order valence-corrected chi connectivity index (χ3v) is 5.64. The molecule has 1 aliphatic heterocycles. The first-order chi connectivity index (χ1) is 15.0. The van der Waals surface area contributed by atoms with Crippen LogP contribution in [0.25, 0.3) is 11.0 Å². The molecule has 0 aliphatic carbocycles. The average molecular weight is 474 g/mol. The summed E-state index contributed by atoms with van der Waals surface area (Å²) in [6, 6.07) is 4.71. The number of imide groups is 1. The molecule has 1 N–H and O–H groups in total. The average Bonchev–Trinajstić information content (AvgIpc) is 2.98. The minimum atomic E-state index is -0.898. The highest BCUT2D eigenvalue weighted by molar-refractivity contribution is 6.42. The third-order valence-electron chi connectivity index (χ3n) is 4.90. The summed E-state index contributed by atoms with van der Waals surface area (Å²) < 4.78 is 5.55. The van der Waals surface area contributed by atoms with Crippen molar-refractivity contribution in [3.63, 3.8) is 0 Å². The number of phenolic OH excluding ortho intramolecular Hbond substituents is 1. The Morgan fingerprint density at radius 1 is 1.03 bits per heavy atom. The second-order valence-corrected chi connectivity index (χ2v) is 9.08. The first kappa shape index (κ1) is 22.0. The first-order valence-corrected chi connectivity index (χ1v) is 10.3. The number of amides is 2. The number of fused-ring (bicyclic) bond motifs is 2. The summed E-state index contributed by atoms with van der Waals surface area (Å²) in [6.45, 7) is 4.81. The van der Waals surface area contributed by atoms with Gasteiger partial charge in [0.1, 0.15) is 22.2 Å². The number of ether oxygens (including phenoxy) is 1. The Morgan fingerprint density at radius 3 is 2.28 bits per heavy atom. The van der Waals surface area contributed by atoms with Crippen molar-refractivity contribution in [3.05, 3.63) is 57.3 Å².